The molecule has 2 amide bonds. The minimum Gasteiger partial charge on any atom is -0.484 e. The van der Waals surface area contributed by atoms with Gasteiger partial charge in [0.05, 0.1) is 22.9 Å². The van der Waals surface area contributed by atoms with Crippen LogP contribution in [-0.4, -0.2) is 16.0 Å². The van der Waals surface area contributed by atoms with Gasteiger partial charge in [-0.25, -0.2) is 9.18 Å². The lowest BCUT2D eigenvalue weighted by Crippen LogP contribution is -2.40. The normalized spacial score (nSPS) is 19.4. The number of anilines is 2. The summed E-state index contributed by atoms with van der Waals surface area (Å²) in [6.07, 6.45) is 4.28. The molecule has 1 aliphatic carbocycles. The van der Waals surface area contributed by atoms with Crippen molar-refractivity contribution in [3.8, 4) is 5.75 Å². The van der Waals surface area contributed by atoms with E-state index in [0.29, 0.717) is 40.9 Å². The lowest BCUT2D eigenvalue weighted by atomic mass is 9.99. The van der Waals surface area contributed by atoms with Gasteiger partial charge in [-0.3, -0.25) is 14.7 Å². The Kier molecular flexibility index (Phi) is 4.65. The number of hydrogen-bond donors (Lipinski definition) is 2. The van der Waals surface area contributed by atoms with Crippen molar-refractivity contribution in [1.29, 1.82) is 0 Å². The molecule has 1 atom stereocenters. The van der Waals surface area contributed by atoms with Crippen molar-refractivity contribution in [2.24, 2.45) is 0 Å². The maximum atomic E-state index is 14.3. The molecule has 0 saturated heterocycles. The Morgan fingerprint density at radius 3 is 2.82 bits per heavy atom. The van der Waals surface area contributed by atoms with Crippen molar-refractivity contribution >= 4 is 29.0 Å². The number of nitrogens with zero attached hydrogens (tertiary/aromatic N) is 2. The van der Waals surface area contributed by atoms with E-state index in [2.05, 4.69) is 15.3 Å². The third kappa shape index (κ3) is 3.54. The van der Waals surface area contributed by atoms with Crippen LogP contribution in [0.2, 0.25) is 5.02 Å². The fourth-order valence-electron chi connectivity index (χ4n) is 4.64. The number of fused-ring (bicyclic) bond motifs is 2. The molecule has 9 heteroatoms. The van der Waals surface area contributed by atoms with Gasteiger partial charge in [0.1, 0.15) is 23.4 Å². The van der Waals surface area contributed by atoms with Crippen LogP contribution in [0.25, 0.3) is 0 Å². The predicted molar refractivity (Wildman–Crippen MR) is 122 cm³/mol. The van der Waals surface area contributed by atoms with Crippen LogP contribution in [0, 0.1) is 5.82 Å². The number of aromatic nitrogens is 2. The van der Waals surface area contributed by atoms with E-state index in [1.807, 2.05) is 0 Å². The van der Waals surface area contributed by atoms with Gasteiger partial charge in [-0.05, 0) is 55.4 Å². The minimum atomic E-state index is -0.518. The molecule has 3 aliphatic rings. The third-order valence-electron chi connectivity index (χ3n) is 6.43. The zero-order valence-corrected chi connectivity index (χ0v) is 18.3. The van der Waals surface area contributed by atoms with Gasteiger partial charge in [0.2, 0.25) is 5.56 Å². The molecule has 2 aromatic heterocycles. The predicted octanol–water partition coefficient (Wildman–Crippen LogP) is 5.06. The van der Waals surface area contributed by atoms with E-state index in [1.165, 1.54) is 12.1 Å². The quantitative estimate of drug-likeness (QED) is 0.565. The number of benzene rings is 1. The lowest BCUT2D eigenvalue weighted by molar-refractivity contribution is 0.167. The highest BCUT2D eigenvalue weighted by Gasteiger charge is 2.34. The number of nitrogens with one attached hydrogen (secondary N) is 2. The average molecular weight is 467 g/mol. The van der Waals surface area contributed by atoms with Crippen LogP contribution in [0.3, 0.4) is 0 Å². The first kappa shape index (κ1) is 20.2. The topological polar surface area (TPSA) is 87.3 Å². The van der Waals surface area contributed by atoms with Gasteiger partial charge >= 0.3 is 6.03 Å². The smallest absolute Gasteiger partial charge is 0.326 e. The van der Waals surface area contributed by atoms with Crippen molar-refractivity contribution in [3.63, 3.8) is 0 Å². The van der Waals surface area contributed by atoms with Crippen LogP contribution < -0.4 is 20.5 Å². The van der Waals surface area contributed by atoms with Crippen LogP contribution in [0.1, 0.15) is 53.8 Å². The molecular formula is C24H20ClFN4O3. The van der Waals surface area contributed by atoms with E-state index in [4.69, 9.17) is 16.3 Å². The molecule has 2 aliphatic heterocycles. The van der Waals surface area contributed by atoms with Crippen molar-refractivity contribution in [2.45, 2.75) is 44.2 Å². The number of halogens is 2. The van der Waals surface area contributed by atoms with E-state index in [-0.39, 0.29) is 23.8 Å². The van der Waals surface area contributed by atoms with E-state index in [0.717, 1.165) is 29.7 Å². The molecule has 7 nitrogen and oxygen atoms in total. The van der Waals surface area contributed by atoms with Crippen LogP contribution in [0.5, 0.6) is 5.75 Å². The van der Waals surface area contributed by atoms with Crippen LogP contribution in [-0.2, 0) is 13.0 Å². The van der Waals surface area contributed by atoms with Gasteiger partial charge in [0.15, 0.2) is 0 Å². The van der Waals surface area contributed by atoms with Crippen molar-refractivity contribution in [1.82, 2.24) is 9.97 Å². The number of H-pyrrole nitrogens is 1. The van der Waals surface area contributed by atoms with Gasteiger partial charge in [0, 0.05) is 29.6 Å². The number of carbonyl (C=O) groups excluding carboxylic acids is 1. The van der Waals surface area contributed by atoms with Gasteiger partial charge in [-0.2, -0.15) is 0 Å². The number of aromatic amines is 1. The Bertz CT molecular complexity index is 1350. The zero-order chi connectivity index (χ0) is 22.7. The summed E-state index contributed by atoms with van der Waals surface area (Å²) in [5, 5.41) is 3.26. The summed E-state index contributed by atoms with van der Waals surface area (Å²) in [6.45, 7) is 0.278. The average Bonchev–Trinajstić information content (AvgIpc) is 3.63. The molecule has 1 saturated carbocycles. The Labute approximate surface area is 193 Å². The van der Waals surface area contributed by atoms with Crippen LogP contribution >= 0.6 is 11.6 Å². The lowest BCUT2D eigenvalue weighted by Gasteiger charge is -2.33. The molecule has 4 heterocycles. The van der Waals surface area contributed by atoms with E-state index in [9.17, 15) is 14.0 Å². The number of hydrogen-bond acceptors (Lipinski definition) is 4. The highest BCUT2D eigenvalue weighted by Crippen LogP contribution is 2.45. The third-order valence-corrected chi connectivity index (χ3v) is 6.73. The molecule has 2 N–H and O–H groups in total. The Morgan fingerprint density at radius 2 is 2.03 bits per heavy atom. The number of pyridine rings is 2. The number of carbonyl (C=O) groups is 1. The minimum absolute atomic E-state index is 0.225. The first-order valence-electron chi connectivity index (χ1n) is 10.9. The maximum Gasteiger partial charge on any atom is 0.326 e. The summed E-state index contributed by atoms with van der Waals surface area (Å²) >= 11 is 6.60. The fraction of sp³-hybridized carbons (Fsp3) is 0.292. The molecule has 33 heavy (non-hydrogen) atoms. The number of amides is 2. The monoisotopic (exact) mass is 466 g/mol. The highest BCUT2D eigenvalue weighted by atomic mass is 35.5. The van der Waals surface area contributed by atoms with Gasteiger partial charge in [-0.1, -0.05) is 11.6 Å². The van der Waals surface area contributed by atoms with Gasteiger partial charge < -0.3 is 15.0 Å². The fourth-order valence-corrected chi connectivity index (χ4v) is 4.93. The summed E-state index contributed by atoms with van der Waals surface area (Å²) in [6, 6.07) is 7.49. The molecule has 1 unspecified atom stereocenters. The molecule has 168 valence electrons. The summed E-state index contributed by atoms with van der Waals surface area (Å²) in [5.41, 5.74) is 3.74. The molecule has 0 bridgehead atoms. The van der Waals surface area contributed by atoms with Gasteiger partial charge in [0.25, 0.3) is 0 Å². The van der Waals surface area contributed by atoms with E-state index >= 15 is 0 Å². The van der Waals surface area contributed by atoms with Gasteiger partial charge in [-0.15, -0.1) is 0 Å². The molecular weight excluding hydrogens is 447 g/mol. The first-order chi connectivity index (χ1) is 16.0. The second kappa shape index (κ2) is 7.59. The molecule has 1 fully saturated rings. The van der Waals surface area contributed by atoms with Crippen molar-refractivity contribution in [3.05, 3.63) is 80.2 Å². The number of rotatable bonds is 3. The van der Waals surface area contributed by atoms with E-state index < -0.39 is 11.9 Å². The molecule has 0 spiro atoms. The zero-order valence-electron chi connectivity index (χ0n) is 17.5. The largest absolute Gasteiger partial charge is 0.484 e. The van der Waals surface area contributed by atoms with Crippen molar-refractivity contribution in [2.75, 3.05) is 10.2 Å². The first-order valence-corrected chi connectivity index (χ1v) is 11.3. The Balaban J connectivity index is 1.36. The second-order valence-electron chi connectivity index (χ2n) is 8.66. The molecule has 0 radical (unpaired) electrons. The van der Waals surface area contributed by atoms with Crippen LogP contribution in [0.4, 0.5) is 20.6 Å². The number of ether oxygens (including phenoxy) is 1. The second-order valence-corrected chi connectivity index (χ2v) is 9.06. The molecule has 1 aromatic carbocycles. The van der Waals surface area contributed by atoms with Crippen LogP contribution in [0.15, 0.2) is 41.3 Å². The summed E-state index contributed by atoms with van der Waals surface area (Å²) in [7, 11) is 0. The van der Waals surface area contributed by atoms with Crippen molar-refractivity contribution < 1.29 is 13.9 Å². The molecule has 3 aromatic rings. The highest BCUT2D eigenvalue weighted by molar-refractivity contribution is 6.34. The molecule has 6 rings (SSSR count). The summed E-state index contributed by atoms with van der Waals surface area (Å²) in [4.78, 5) is 33.6. The Hall–Kier alpha value is -3.39. The number of urea groups is 1. The van der Waals surface area contributed by atoms with E-state index in [1.54, 1.807) is 29.3 Å². The summed E-state index contributed by atoms with van der Waals surface area (Å²) < 4.78 is 20.4. The standard InChI is InChI=1S/C24H20ClFN4O3/c25-15-8-13-5-6-19(23-16(26)2-1-7-27-23)33-20(13)10-18(15)30-11-14-17(28-24(30)32)9-21(31)29-22(14)12-3-4-12/h1-2,7-10,12,19H,3-6,11H2,(H,28,32)(H,29,31). The Morgan fingerprint density at radius 1 is 1.18 bits per heavy atom. The number of aryl methyl sites for hydroxylation is 1. The SMILES string of the molecule is O=C1Nc2cc(=O)[nH]c(C3CC3)c2CN1c1cc2c(cc1Cl)CCC(c1ncccc1F)O2. The summed E-state index contributed by atoms with van der Waals surface area (Å²) in [5.74, 6) is 0.452. The maximum absolute atomic E-state index is 14.3.